The molecule has 0 heterocycles. The van der Waals surface area contributed by atoms with Crippen molar-refractivity contribution in [2.24, 2.45) is 0 Å². The van der Waals surface area contributed by atoms with Crippen molar-refractivity contribution in [1.82, 2.24) is 5.32 Å². The molecule has 180 valence electrons. The minimum atomic E-state index is -0.119. The summed E-state index contributed by atoms with van der Waals surface area (Å²) in [6.45, 7) is 2.79. The van der Waals surface area contributed by atoms with Crippen LogP contribution in [0.5, 0.6) is 11.5 Å². The maximum Gasteiger partial charge on any atom is 0.220 e. The number of allylic oxidation sites excluding steroid dienone is 4. The summed E-state index contributed by atoms with van der Waals surface area (Å²) in [6, 6.07) is 4.76. The second kappa shape index (κ2) is 19.5. The molecule has 0 bridgehead atoms. The Morgan fingerprint density at radius 3 is 2.09 bits per heavy atom. The van der Waals surface area contributed by atoms with Crippen LogP contribution in [0, 0.1) is 0 Å². The van der Waals surface area contributed by atoms with Crippen LogP contribution in [0.3, 0.4) is 0 Å². The van der Waals surface area contributed by atoms with Crippen molar-refractivity contribution in [3.05, 3.63) is 48.1 Å². The van der Waals surface area contributed by atoms with E-state index in [1.165, 1.54) is 76.3 Å². The van der Waals surface area contributed by atoms with Crippen molar-refractivity contribution in [2.45, 2.75) is 103 Å². The third-order valence-corrected chi connectivity index (χ3v) is 5.63. The highest BCUT2D eigenvalue weighted by molar-refractivity contribution is 5.75. The lowest BCUT2D eigenvalue weighted by atomic mass is 10.1. The van der Waals surface area contributed by atoms with Crippen LogP contribution in [0.4, 0.5) is 0 Å². The van der Waals surface area contributed by atoms with Gasteiger partial charge in [0.2, 0.25) is 5.91 Å². The van der Waals surface area contributed by atoms with Crippen molar-refractivity contribution in [3.8, 4) is 11.5 Å². The summed E-state index contributed by atoms with van der Waals surface area (Å²) in [5, 5.41) is 21.7. The minimum Gasteiger partial charge on any atom is -0.504 e. The zero-order valence-corrected chi connectivity index (χ0v) is 20.2. The minimum absolute atomic E-state index is 0.0931. The molecule has 1 aromatic rings. The monoisotopic (exact) mass is 443 g/mol. The lowest BCUT2D eigenvalue weighted by Gasteiger charge is -2.06. The molecule has 4 nitrogen and oxygen atoms in total. The number of rotatable bonds is 19. The van der Waals surface area contributed by atoms with Crippen molar-refractivity contribution >= 4 is 5.91 Å². The third kappa shape index (κ3) is 15.6. The summed E-state index contributed by atoms with van der Waals surface area (Å²) in [7, 11) is 0. The van der Waals surface area contributed by atoms with E-state index in [9.17, 15) is 15.0 Å². The second-order valence-corrected chi connectivity index (χ2v) is 8.61. The average Bonchev–Trinajstić information content (AvgIpc) is 2.78. The lowest BCUT2D eigenvalue weighted by Crippen LogP contribution is -2.25. The van der Waals surface area contributed by atoms with Gasteiger partial charge in [-0.25, -0.2) is 0 Å². The topological polar surface area (TPSA) is 69.6 Å². The van der Waals surface area contributed by atoms with Crippen LogP contribution in [-0.2, 0) is 11.2 Å². The summed E-state index contributed by atoms with van der Waals surface area (Å²) in [5.74, 6) is -0.145. The molecule has 1 rings (SSSR count). The summed E-state index contributed by atoms with van der Waals surface area (Å²) in [4.78, 5) is 11.9. The Kier molecular flexibility index (Phi) is 16.9. The zero-order chi connectivity index (χ0) is 23.3. The van der Waals surface area contributed by atoms with Gasteiger partial charge in [0.1, 0.15) is 0 Å². The number of unbranched alkanes of at least 4 members (excludes halogenated alkanes) is 10. The number of amides is 1. The first-order valence-electron chi connectivity index (χ1n) is 12.7. The number of aromatic hydroxyl groups is 2. The molecule has 0 aliphatic carbocycles. The first kappa shape index (κ1) is 27.8. The van der Waals surface area contributed by atoms with Crippen molar-refractivity contribution < 1.29 is 15.0 Å². The highest BCUT2D eigenvalue weighted by atomic mass is 16.3. The molecule has 0 saturated heterocycles. The van der Waals surface area contributed by atoms with Crippen molar-refractivity contribution in [1.29, 1.82) is 0 Å². The van der Waals surface area contributed by atoms with Gasteiger partial charge in [-0.15, -0.1) is 0 Å². The number of carbonyl (C=O) groups excluding carboxylic acids is 1. The largest absolute Gasteiger partial charge is 0.504 e. The van der Waals surface area contributed by atoms with Crippen LogP contribution in [0.2, 0.25) is 0 Å². The predicted octanol–water partition coefficient (Wildman–Crippen LogP) is 7.35. The molecule has 0 unspecified atom stereocenters. The highest BCUT2D eigenvalue weighted by Gasteiger charge is 2.03. The van der Waals surface area contributed by atoms with Crippen LogP contribution < -0.4 is 5.32 Å². The third-order valence-electron chi connectivity index (χ3n) is 5.63. The fourth-order valence-electron chi connectivity index (χ4n) is 3.61. The number of nitrogens with one attached hydrogen (secondary N) is 1. The molecule has 0 atom stereocenters. The van der Waals surface area contributed by atoms with E-state index in [0.717, 1.165) is 24.8 Å². The number of phenols is 2. The van der Waals surface area contributed by atoms with E-state index in [-0.39, 0.29) is 17.4 Å². The molecule has 32 heavy (non-hydrogen) atoms. The first-order chi connectivity index (χ1) is 15.6. The zero-order valence-electron chi connectivity index (χ0n) is 20.2. The molecule has 0 aliphatic heterocycles. The van der Waals surface area contributed by atoms with Crippen LogP contribution in [0.1, 0.15) is 102 Å². The van der Waals surface area contributed by atoms with Crippen LogP contribution in [-0.4, -0.2) is 22.7 Å². The number of hydrogen-bond donors (Lipinski definition) is 3. The van der Waals surface area contributed by atoms with Crippen LogP contribution >= 0.6 is 0 Å². The molecule has 0 fully saturated rings. The Morgan fingerprint density at radius 2 is 1.44 bits per heavy atom. The van der Waals surface area contributed by atoms with Gasteiger partial charge in [0.15, 0.2) is 11.5 Å². The molecule has 4 heteroatoms. The summed E-state index contributed by atoms with van der Waals surface area (Å²) in [5.41, 5.74) is 0.894. The second-order valence-electron chi connectivity index (χ2n) is 8.61. The van der Waals surface area contributed by atoms with Gasteiger partial charge in [0, 0.05) is 13.0 Å². The van der Waals surface area contributed by atoms with E-state index in [4.69, 9.17) is 0 Å². The van der Waals surface area contributed by atoms with Crippen molar-refractivity contribution in [3.63, 3.8) is 0 Å². The van der Waals surface area contributed by atoms with Crippen molar-refractivity contribution in [2.75, 3.05) is 6.54 Å². The summed E-state index contributed by atoms with van der Waals surface area (Å²) >= 11 is 0. The Balaban J connectivity index is 1.86. The number of carbonyl (C=O) groups is 1. The Bertz CT molecular complexity index is 667. The normalized spacial score (nSPS) is 11.5. The van der Waals surface area contributed by atoms with Gasteiger partial charge >= 0.3 is 0 Å². The maximum atomic E-state index is 11.9. The van der Waals surface area contributed by atoms with E-state index in [2.05, 4.69) is 36.5 Å². The highest BCUT2D eigenvalue weighted by Crippen LogP contribution is 2.24. The number of hydrogen-bond acceptors (Lipinski definition) is 3. The van der Waals surface area contributed by atoms with Gasteiger partial charge in [-0.05, 0) is 62.6 Å². The van der Waals surface area contributed by atoms with E-state index in [1.807, 2.05) is 0 Å². The van der Waals surface area contributed by atoms with E-state index < -0.39 is 0 Å². The SMILES string of the molecule is CCCCCC=CCC=CCCCCCCCCCC(=O)NCCc1ccc(O)c(O)c1. The van der Waals surface area contributed by atoms with E-state index in [1.54, 1.807) is 6.07 Å². The van der Waals surface area contributed by atoms with Crippen LogP contribution in [0.25, 0.3) is 0 Å². The molecule has 1 aromatic carbocycles. The molecule has 0 radical (unpaired) electrons. The molecule has 0 saturated carbocycles. The molecular weight excluding hydrogens is 398 g/mol. The molecule has 0 spiro atoms. The van der Waals surface area contributed by atoms with Gasteiger partial charge in [-0.3, -0.25) is 4.79 Å². The Hall–Kier alpha value is -2.23. The summed E-state index contributed by atoms with van der Waals surface area (Å²) < 4.78 is 0. The Morgan fingerprint density at radius 1 is 0.812 bits per heavy atom. The predicted molar refractivity (Wildman–Crippen MR) is 135 cm³/mol. The fourth-order valence-corrected chi connectivity index (χ4v) is 3.61. The van der Waals surface area contributed by atoms with Crippen LogP contribution in [0.15, 0.2) is 42.5 Å². The van der Waals surface area contributed by atoms with Gasteiger partial charge in [0.25, 0.3) is 0 Å². The molecule has 1 amide bonds. The van der Waals surface area contributed by atoms with Gasteiger partial charge in [-0.2, -0.15) is 0 Å². The smallest absolute Gasteiger partial charge is 0.220 e. The van der Waals surface area contributed by atoms with Gasteiger partial charge < -0.3 is 15.5 Å². The van der Waals surface area contributed by atoms with Gasteiger partial charge in [0.05, 0.1) is 0 Å². The number of benzene rings is 1. The quantitative estimate of drug-likeness (QED) is 0.119. The first-order valence-corrected chi connectivity index (χ1v) is 12.7. The fraction of sp³-hybridized carbons (Fsp3) is 0.607. The molecular formula is C28H45NO3. The van der Waals surface area contributed by atoms with E-state index >= 15 is 0 Å². The maximum absolute atomic E-state index is 11.9. The number of phenolic OH excluding ortho intramolecular Hbond substituents is 2. The Labute approximate surface area is 195 Å². The molecule has 0 aliphatic rings. The summed E-state index contributed by atoms with van der Waals surface area (Å²) in [6.07, 6.45) is 26.2. The standard InChI is InChI=1S/C28H45NO3/c1-2-3-4-5-6-7-8-9-10-11-12-13-14-15-16-17-18-19-28(32)29-23-22-25-20-21-26(30)27(31)24-25/h6-7,9-10,20-21,24,30-31H,2-5,8,11-19,22-23H2,1H3,(H,29,32). The van der Waals surface area contributed by atoms with E-state index in [0.29, 0.717) is 19.4 Å². The lowest BCUT2D eigenvalue weighted by molar-refractivity contribution is -0.121. The molecule has 0 aromatic heterocycles. The van der Waals surface area contributed by atoms with Gasteiger partial charge in [-0.1, -0.05) is 82.2 Å². The molecule has 3 N–H and O–H groups in total. The average molecular weight is 444 g/mol.